The summed E-state index contributed by atoms with van der Waals surface area (Å²) in [6.45, 7) is 1.98. The van der Waals surface area contributed by atoms with Gasteiger partial charge in [0.05, 0.1) is 7.11 Å². The average molecular weight is 307 g/mol. The van der Waals surface area contributed by atoms with E-state index in [1.165, 1.54) is 11.1 Å². The van der Waals surface area contributed by atoms with E-state index >= 15 is 0 Å². The third-order valence-corrected chi connectivity index (χ3v) is 4.73. The minimum atomic E-state index is -0.196. The van der Waals surface area contributed by atoms with Gasteiger partial charge in [-0.1, -0.05) is 30.3 Å². The first-order valence-electron chi connectivity index (χ1n) is 8.16. The Morgan fingerprint density at radius 1 is 1.04 bits per heavy atom. The number of hydrogen-bond acceptors (Lipinski definition) is 3. The van der Waals surface area contributed by atoms with Gasteiger partial charge in [0.2, 0.25) is 0 Å². The van der Waals surface area contributed by atoms with Crippen LogP contribution < -0.4 is 14.8 Å². The maximum atomic E-state index is 6.42. The number of rotatable bonds is 2. The number of nitrogens with one attached hydrogen (secondary N) is 1. The Balaban J connectivity index is 1.85. The minimum Gasteiger partial charge on any atom is -0.497 e. The molecule has 1 N–H and O–H groups in total. The maximum absolute atomic E-state index is 6.42. The molecule has 2 heterocycles. The topological polar surface area (TPSA) is 30.5 Å². The third kappa shape index (κ3) is 2.62. The van der Waals surface area contributed by atoms with Crippen LogP contribution in [0.3, 0.4) is 0 Å². The minimum absolute atomic E-state index is 0.196. The van der Waals surface area contributed by atoms with Crippen LogP contribution in [0.1, 0.15) is 24.0 Å². The summed E-state index contributed by atoms with van der Waals surface area (Å²) in [4.78, 5) is 0. The van der Waals surface area contributed by atoms with Crippen molar-refractivity contribution in [2.45, 2.75) is 18.4 Å². The van der Waals surface area contributed by atoms with Crippen molar-refractivity contribution < 1.29 is 9.47 Å². The van der Waals surface area contributed by atoms with Crippen molar-refractivity contribution in [2.24, 2.45) is 0 Å². The Morgan fingerprint density at radius 2 is 1.87 bits per heavy atom. The van der Waals surface area contributed by atoms with Gasteiger partial charge in [0.25, 0.3) is 0 Å². The van der Waals surface area contributed by atoms with Gasteiger partial charge >= 0.3 is 0 Å². The normalized spacial score (nSPS) is 18.7. The number of piperidine rings is 1. The predicted octanol–water partition coefficient (Wildman–Crippen LogP) is 3.64. The molecule has 0 radical (unpaired) electrons. The monoisotopic (exact) mass is 307 g/mol. The summed E-state index contributed by atoms with van der Waals surface area (Å²) in [6.07, 6.45) is 4.31. The molecule has 2 aromatic rings. The fourth-order valence-corrected chi connectivity index (χ4v) is 3.49. The highest BCUT2D eigenvalue weighted by molar-refractivity contribution is 5.85. The molecule has 0 unspecified atom stereocenters. The van der Waals surface area contributed by atoms with Crippen molar-refractivity contribution in [1.82, 2.24) is 5.32 Å². The summed E-state index contributed by atoms with van der Waals surface area (Å²) in [6, 6.07) is 16.6. The van der Waals surface area contributed by atoms with Crippen LogP contribution in [-0.4, -0.2) is 25.8 Å². The first-order valence-corrected chi connectivity index (χ1v) is 8.16. The summed E-state index contributed by atoms with van der Waals surface area (Å²) in [5.41, 5.74) is 3.38. The van der Waals surface area contributed by atoms with Crippen LogP contribution in [0, 0.1) is 0 Å². The lowest BCUT2D eigenvalue weighted by molar-refractivity contribution is 0.0817. The summed E-state index contributed by atoms with van der Waals surface area (Å²) < 4.78 is 11.8. The van der Waals surface area contributed by atoms with Crippen LogP contribution in [0.5, 0.6) is 11.5 Å². The van der Waals surface area contributed by atoms with Crippen LogP contribution in [0.4, 0.5) is 0 Å². The Hall–Kier alpha value is -2.26. The third-order valence-electron chi connectivity index (χ3n) is 4.73. The van der Waals surface area contributed by atoms with Gasteiger partial charge < -0.3 is 14.8 Å². The number of ether oxygens (including phenoxy) is 2. The van der Waals surface area contributed by atoms with Crippen molar-refractivity contribution in [3.05, 3.63) is 65.7 Å². The molecule has 0 amide bonds. The van der Waals surface area contributed by atoms with E-state index in [2.05, 4.69) is 41.7 Å². The highest BCUT2D eigenvalue weighted by Crippen LogP contribution is 2.42. The van der Waals surface area contributed by atoms with Gasteiger partial charge in [-0.3, -0.25) is 0 Å². The van der Waals surface area contributed by atoms with Crippen LogP contribution in [-0.2, 0) is 0 Å². The smallest absolute Gasteiger partial charge is 0.130 e. The molecule has 23 heavy (non-hydrogen) atoms. The SMILES string of the molecule is COc1cccc(C2=CC3(CCNCC3)Oc3ccccc32)c1. The standard InChI is InChI=1S/C20H21NO2/c1-22-16-6-4-5-15(13-16)18-14-20(9-11-21-12-10-20)23-19-8-3-2-7-17(18)19/h2-8,13-14,21H,9-12H2,1H3. The molecule has 2 aliphatic heterocycles. The molecule has 0 aromatic heterocycles. The molecule has 1 saturated heterocycles. The van der Waals surface area contributed by atoms with Gasteiger partial charge in [0, 0.05) is 18.4 Å². The average Bonchev–Trinajstić information content (AvgIpc) is 2.62. The molecular formula is C20H21NO2. The lowest BCUT2D eigenvalue weighted by atomic mass is 9.83. The Bertz CT molecular complexity index is 745. The van der Waals surface area contributed by atoms with Crippen molar-refractivity contribution in [3.8, 4) is 11.5 Å². The van der Waals surface area contributed by atoms with Gasteiger partial charge in [-0.2, -0.15) is 0 Å². The predicted molar refractivity (Wildman–Crippen MR) is 92.0 cm³/mol. The Labute approximate surface area is 136 Å². The van der Waals surface area contributed by atoms with Gasteiger partial charge in [-0.25, -0.2) is 0 Å². The highest BCUT2D eigenvalue weighted by Gasteiger charge is 2.36. The zero-order valence-corrected chi connectivity index (χ0v) is 13.3. The molecule has 1 fully saturated rings. The van der Waals surface area contributed by atoms with E-state index in [1.807, 2.05) is 18.2 Å². The van der Waals surface area contributed by atoms with E-state index in [1.54, 1.807) is 7.11 Å². The maximum Gasteiger partial charge on any atom is 0.130 e. The second-order valence-electron chi connectivity index (χ2n) is 6.20. The van der Waals surface area contributed by atoms with E-state index in [0.717, 1.165) is 43.0 Å². The molecular weight excluding hydrogens is 286 g/mol. The van der Waals surface area contributed by atoms with Crippen LogP contribution >= 0.6 is 0 Å². The van der Waals surface area contributed by atoms with Crippen molar-refractivity contribution in [2.75, 3.05) is 20.2 Å². The first kappa shape index (κ1) is 14.3. The van der Waals surface area contributed by atoms with Crippen LogP contribution in [0.25, 0.3) is 5.57 Å². The fraction of sp³-hybridized carbons (Fsp3) is 0.300. The molecule has 118 valence electrons. The van der Waals surface area contributed by atoms with E-state index in [4.69, 9.17) is 9.47 Å². The van der Waals surface area contributed by atoms with E-state index in [-0.39, 0.29) is 5.60 Å². The van der Waals surface area contributed by atoms with Crippen molar-refractivity contribution >= 4 is 5.57 Å². The number of benzene rings is 2. The largest absolute Gasteiger partial charge is 0.497 e. The van der Waals surface area contributed by atoms with Crippen LogP contribution in [0.15, 0.2) is 54.6 Å². The molecule has 2 aromatic carbocycles. The first-order chi connectivity index (χ1) is 11.3. The molecule has 3 heteroatoms. The number of methoxy groups -OCH3 is 1. The molecule has 0 saturated carbocycles. The molecule has 4 rings (SSSR count). The van der Waals surface area contributed by atoms with E-state index in [9.17, 15) is 0 Å². The lowest BCUT2D eigenvalue weighted by Crippen LogP contribution is -2.46. The summed E-state index contributed by atoms with van der Waals surface area (Å²) in [5, 5.41) is 3.42. The zero-order chi connectivity index (χ0) is 15.7. The van der Waals surface area contributed by atoms with E-state index < -0.39 is 0 Å². The molecule has 1 spiro atoms. The summed E-state index contributed by atoms with van der Waals surface area (Å²) in [7, 11) is 1.71. The number of hydrogen-bond donors (Lipinski definition) is 1. The molecule has 0 atom stereocenters. The van der Waals surface area contributed by atoms with Gasteiger partial charge in [-0.15, -0.1) is 0 Å². The van der Waals surface area contributed by atoms with Crippen molar-refractivity contribution in [3.63, 3.8) is 0 Å². The van der Waals surface area contributed by atoms with Gasteiger partial charge in [-0.05, 0) is 48.5 Å². The van der Waals surface area contributed by atoms with E-state index in [0.29, 0.717) is 0 Å². The summed E-state index contributed by atoms with van der Waals surface area (Å²) in [5.74, 6) is 1.86. The quantitative estimate of drug-likeness (QED) is 0.919. The molecule has 0 aliphatic carbocycles. The second-order valence-corrected chi connectivity index (χ2v) is 6.20. The fourth-order valence-electron chi connectivity index (χ4n) is 3.49. The van der Waals surface area contributed by atoms with Crippen LogP contribution in [0.2, 0.25) is 0 Å². The molecule has 2 aliphatic rings. The van der Waals surface area contributed by atoms with Gasteiger partial charge in [0.1, 0.15) is 17.1 Å². The molecule has 0 bridgehead atoms. The summed E-state index contributed by atoms with van der Waals surface area (Å²) >= 11 is 0. The lowest BCUT2D eigenvalue weighted by Gasteiger charge is -2.40. The Morgan fingerprint density at radius 3 is 2.70 bits per heavy atom. The zero-order valence-electron chi connectivity index (χ0n) is 13.3. The van der Waals surface area contributed by atoms with Gasteiger partial charge in [0.15, 0.2) is 0 Å². The second kappa shape index (κ2) is 5.74. The Kier molecular flexibility index (Phi) is 3.58. The molecule has 3 nitrogen and oxygen atoms in total. The number of para-hydroxylation sites is 1. The van der Waals surface area contributed by atoms with Crippen molar-refractivity contribution in [1.29, 1.82) is 0 Å². The highest BCUT2D eigenvalue weighted by atomic mass is 16.5. The number of fused-ring (bicyclic) bond motifs is 1.